The summed E-state index contributed by atoms with van der Waals surface area (Å²) in [4.78, 5) is 0. The fraction of sp³-hybridized carbons (Fsp3) is 0.333. The molecule has 1 aliphatic carbocycles. The fourth-order valence-electron chi connectivity index (χ4n) is 3.46. The summed E-state index contributed by atoms with van der Waals surface area (Å²) in [6.07, 6.45) is 3.38. The van der Waals surface area contributed by atoms with Gasteiger partial charge < -0.3 is 5.32 Å². The molecule has 0 aromatic heterocycles. The highest BCUT2D eigenvalue weighted by Crippen LogP contribution is 2.41. The Hall–Kier alpha value is -1.19. The van der Waals surface area contributed by atoms with Crippen LogP contribution in [0, 0.1) is 5.82 Å². The number of fused-ring (bicyclic) bond motifs is 1. The highest BCUT2D eigenvalue weighted by Gasteiger charge is 2.29. The van der Waals surface area contributed by atoms with Gasteiger partial charge in [0.25, 0.3) is 0 Å². The van der Waals surface area contributed by atoms with Crippen LogP contribution in [0.5, 0.6) is 0 Å². The second-order valence-corrected chi connectivity index (χ2v) is 6.55. The van der Waals surface area contributed by atoms with Gasteiger partial charge in [-0.3, -0.25) is 0 Å². The smallest absolute Gasteiger partial charge is 0.128 e. The van der Waals surface area contributed by atoms with Crippen molar-refractivity contribution < 1.29 is 4.39 Å². The summed E-state index contributed by atoms with van der Waals surface area (Å²) in [5, 5.41) is 3.34. The Kier molecular flexibility index (Phi) is 4.41. The lowest BCUT2D eigenvalue weighted by Gasteiger charge is -2.33. The third kappa shape index (κ3) is 2.90. The van der Waals surface area contributed by atoms with Crippen molar-refractivity contribution in [2.45, 2.75) is 31.2 Å². The van der Waals surface area contributed by atoms with Crippen LogP contribution in [0.25, 0.3) is 0 Å². The zero-order chi connectivity index (χ0) is 14.8. The highest BCUT2D eigenvalue weighted by atomic mass is 79.9. The Labute approximate surface area is 133 Å². The van der Waals surface area contributed by atoms with E-state index < -0.39 is 0 Å². The Bertz CT molecular complexity index is 641. The summed E-state index contributed by atoms with van der Waals surface area (Å²) in [7, 11) is 1.92. The Morgan fingerprint density at radius 1 is 1.24 bits per heavy atom. The summed E-state index contributed by atoms with van der Waals surface area (Å²) in [5.41, 5.74) is 3.51. The third-order valence-electron chi connectivity index (χ3n) is 4.42. The standard InChI is InChI=1S/C18H19BrFN/c1-21-18(16-11-13(19)9-10-17(16)20)15-8-4-6-12-5-2-3-7-14(12)15/h2-3,5,7,9-11,15,18,21H,4,6,8H2,1H3. The molecule has 0 heterocycles. The molecule has 0 saturated heterocycles. The van der Waals surface area contributed by atoms with Crippen LogP contribution in [0.15, 0.2) is 46.9 Å². The fourth-order valence-corrected chi connectivity index (χ4v) is 3.84. The van der Waals surface area contributed by atoms with Crippen LogP contribution in [-0.4, -0.2) is 7.05 Å². The van der Waals surface area contributed by atoms with E-state index in [2.05, 4.69) is 45.5 Å². The SMILES string of the molecule is CNC(c1cc(Br)ccc1F)C1CCCc2ccccc21. The van der Waals surface area contributed by atoms with Gasteiger partial charge in [0.15, 0.2) is 0 Å². The molecule has 2 unspecified atom stereocenters. The van der Waals surface area contributed by atoms with Gasteiger partial charge in [-0.1, -0.05) is 40.2 Å². The zero-order valence-electron chi connectivity index (χ0n) is 12.1. The second kappa shape index (κ2) is 6.29. The number of likely N-dealkylation sites (N-methyl/N-ethyl adjacent to an activating group) is 1. The van der Waals surface area contributed by atoms with E-state index in [1.165, 1.54) is 11.1 Å². The molecule has 0 bridgehead atoms. The highest BCUT2D eigenvalue weighted by molar-refractivity contribution is 9.10. The monoisotopic (exact) mass is 347 g/mol. The first-order chi connectivity index (χ1) is 10.2. The quantitative estimate of drug-likeness (QED) is 0.826. The Morgan fingerprint density at radius 3 is 2.86 bits per heavy atom. The van der Waals surface area contributed by atoms with Gasteiger partial charge in [-0.2, -0.15) is 0 Å². The molecule has 21 heavy (non-hydrogen) atoms. The first kappa shape index (κ1) is 14.7. The number of benzene rings is 2. The molecule has 0 saturated carbocycles. The van der Waals surface area contributed by atoms with Gasteiger partial charge in [-0.15, -0.1) is 0 Å². The normalized spacial score (nSPS) is 19.1. The van der Waals surface area contributed by atoms with Crippen molar-refractivity contribution in [1.29, 1.82) is 0 Å². The molecule has 0 aliphatic heterocycles. The number of nitrogens with one attached hydrogen (secondary N) is 1. The number of aryl methyl sites for hydroxylation is 1. The molecule has 3 heteroatoms. The van der Waals surface area contributed by atoms with Crippen molar-refractivity contribution in [3.63, 3.8) is 0 Å². The van der Waals surface area contributed by atoms with Gasteiger partial charge >= 0.3 is 0 Å². The maximum atomic E-state index is 14.3. The van der Waals surface area contributed by atoms with E-state index >= 15 is 0 Å². The van der Waals surface area contributed by atoms with E-state index in [0.717, 1.165) is 29.3 Å². The van der Waals surface area contributed by atoms with E-state index in [1.54, 1.807) is 12.1 Å². The Morgan fingerprint density at radius 2 is 2.05 bits per heavy atom. The van der Waals surface area contributed by atoms with E-state index in [9.17, 15) is 4.39 Å². The molecular formula is C18H19BrFN. The summed E-state index contributed by atoms with van der Waals surface area (Å²) in [5.74, 6) is 0.185. The summed E-state index contributed by atoms with van der Waals surface area (Å²) in [6, 6.07) is 13.8. The third-order valence-corrected chi connectivity index (χ3v) is 4.92. The number of halogens is 2. The van der Waals surface area contributed by atoms with Gasteiger partial charge in [-0.05, 0) is 55.6 Å². The molecule has 2 aromatic carbocycles. The van der Waals surface area contributed by atoms with Crippen LogP contribution >= 0.6 is 15.9 Å². The minimum Gasteiger partial charge on any atom is -0.312 e. The average molecular weight is 348 g/mol. The summed E-state index contributed by atoms with van der Waals surface area (Å²) in [6.45, 7) is 0. The molecule has 1 nitrogen and oxygen atoms in total. The van der Waals surface area contributed by atoms with E-state index in [4.69, 9.17) is 0 Å². The lowest BCUT2D eigenvalue weighted by atomic mass is 9.76. The van der Waals surface area contributed by atoms with Crippen LogP contribution in [0.3, 0.4) is 0 Å². The van der Waals surface area contributed by atoms with Crippen molar-refractivity contribution in [2.24, 2.45) is 0 Å². The number of hydrogen-bond acceptors (Lipinski definition) is 1. The van der Waals surface area contributed by atoms with Gasteiger partial charge in [0, 0.05) is 22.0 Å². The molecule has 1 aliphatic rings. The van der Waals surface area contributed by atoms with Crippen LogP contribution in [0.4, 0.5) is 4.39 Å². The largest absolute Gasteiger partial charge is 0.312 e. The summed E-state index contributed by atoms with van der Waals surface area (Å²) < 4.78 is 15.2. The molecule has 0 fully saturated rings. The molecule has 0 amide bonds. The molecule has 1 N–H and O–H groups in total. The van der Waals surface area contributed by atoms with Crippen molar-refractivity contribution in [3.05, 3.63) is 69.4 Å². The Balaban J connectivity index is 2.03. The van der Waals surface area contributed by atoms with Crippen molar-refractivity contribution >= 4 is 15.9 Å². The van der Waals surface area contributed by atoms with Gasteiger partial charge in [0.2, 0.25) is 0 Å². The number of rotatable bonds is 3. The van der Waals surface area contributed by atoms with E-state index in [1.807, 2.05) is 13.1 Å². The molecule has 2 aromatic rings. The van der Waals surface area contributed by atoms with Gasteiger partial charge in [-0.25, -0.2) is 4.39 Å². The minimum atomic E-state index is -0.138. The number of hydrogen-bond donors (Lipinski definition) is 1. The maximum Gasteiger partial charge on any atom is 0.128 e. The van der Waals surface area contributed by atoms with E-state index in [-0.39, 0.29) is 11.9 Å². The van der Waals surface area contributed by atoms with Crippen LogP contribution in [0.1, 0.15) is 41.5 Å². The minimum absolute atomic E-state index is 0.00366. The molecular weight excluding hydrogens is 329 g/mol. The lowest BCUT2D eigenvalue weighted by molar-refractivity contribution is 0.411. The molecule has 3 rings (SSSR count). The van der Waals surface area contributed by atoms with Gasteiger partial charge in [0.1, 0.15) is 5.82 Å². The lowest BCUT2D eigenvalue weighted by Crippen LogP contribution is -2.27. The first-order valence-electron chi connectivity index (χ1n) is 7.40. The van der Waals surface area contributed by atoms with E-state index in [0.29, 0.717) is 5.92 Å². The van der Waals surface area contributed by atoms with Crippen LogP contribution < -0.4 is 5.32 Å². The maximum absolute atomic E-state index is 14.3. The zero-order valence-corrected chi connectivity index (χ0v) is 13.7. The molecule has 110 valence electrons. The van der Waals surface area contributed by atoms with Crippen LogP contribution in [0.2, 0.25) is 0 Å². The summed E-state index contributed by atoms with van der Waals surface area (Å²) >= 11 is 3.46. The first-order valence-corrected chi connectivity index (χ1v) is 8.20. The molecule has 0 radical (unpaired) electrons. The predicted octanol–water partition coefficient (Wildman–Crippen LogP) is 4.97. The van der Waals surface area contributed by atoms with Crippen molar-refractivity contribution in [2.75, 3.05) is 7.05 Å². The van der Waals surface area contributed by atoms with Gasteiger partial charge in [0.05, 0.1) is 0 Å². The molecule has 0 spiro atoms. The predicted molar refractivity (Wildman–Crippen MR) is 88.0 cm³/mol. The van der Waals surface area contributed by atoms with Crippen LogP contribution in [-0.2, 0) is 6.42 Å². The van der Waals surface area contributed by atoms with Crippen molar-refractivity contribution in [1.82, 2.24) is 5.32 Å². The van der Waals surface area contributed by atoms with Crippen molar-refractivity contribution in [3.8, 4) is 0 Å². The molecule has 2 atom stereocenters. The average Bonchev–Trinajstić information content (AvgIpc) is 2.51. The topological polar surface area (TPSA) is 12.0 Å². The second-order valence-electron chi connectivity index (χ2n) is 5.63.